The molecule has 0 aromatic rings. The lowest BCUT2D eigenvalue weighted by molar-refractivity contribution is -0.367. The van der Waals surface area contributed by atoms with Crippen LogP contribution in [0.4, 0.5) is 0 Å². The highest BCUT2D eigenvalue weighted by Gasteiger charge is 2.54. The minimum atomic E-state index is -1.90. The second-order valence-corrected chi connectivity index (χ2v) is 9.88. The van der Waals surface area contributed by atoms with Gasteiger partial charge in [0.25, 0.3) is 5.91 Å². The van der Waals surface area contributed by atoms with E-state index in [1.54, 1.807) is 0 Å². The molecule has 4 bridgehead atoms. The molecule has 224 valence electrons. The molecule has 2 amide bonds. The van der Waals surface area contributed by atoms with Crippen molar-refractivity contribution in [2.45, 2.75) is 105 Å². The first kappa shape index (κ1) is 30.4. The predicted molar refractivity (Wildman–Crippen MR) is 121 cm³/mol. The van der Waals surface area contributed by atoms with Crippen molar-refractivity contribution in [1.82, 2.24) is 10.6 Å². The Morgan fingerprint density at radius 2 is 1.49 bits per heavy atom. The van der Waals surface area contributed by atoms with Gasteiger partial charge in [-0.1, -0.05) is 0 Å². The Labute approximate surface area is 222 Å². The lowest BCUT2D eigenvalue weighted by Crippen LogP contribution is -2.69. The summed E-state index contributed by atoms with van der Waals surface area (Å²) >= 11 is 0. The van der Waals surface area contributed by atoms with E-state index in [2.05, 4.69) is 10.6 Å². The number of amides is 2. The van der Waals surface area contributed by atoms with Gasteiger partial charge in [0, 0.05) is 20.1 Å². The Morgan fingerprint density at radius 3 is 2.15 bits per heavy atom. The zero-order valence-corrected chi connectivity index (χ0v) is 21.2. The molecule has 0 radical (unpaired) electrons. The van der Waals surface area contributed by atoms with Crippen molar-refractivity contribution in [2.75, 3.05) is 20.3 Å². The molecule has 0 spiro atoms. The molecule has 0 saturated carbocycles. The zero-order chi connectivity index (χ0) is 28.6. The summed E-state index contributed by atoms with van der Waals surface area (Å²) < 4.78 is 33.4. The van der Waals surface area contributed by atoms with Crippen molar-refractivity contribution in [1.29, 1.82) is 0 Å². The topological polar surface area (TPSA) is 255 Å². The standard InChI is InChI=1S/C22H36N2O15/c1-6-10(27)17-15(32)22(35-6)37-16-9(20(34-2)36-7(5-25)11(16)28)24-8(26)3-4-23-19(33)18-13(30)12(29)14(31)21(38-17)39-18/h6-7,9-18,20-22,25,27-32H,3-5H2,1-2H3,(H,23,33)(H,24,26)/t6-,7+,9-,10-,11+,12+,13+,14+,15+,16+,17+,18+,20+,21+,22-/m0/s1. The number of methoxy groups -OCH3 is 1. The number of hydrogen-bond acceptors (Lipinski definition) is 15. The first-order chi connectivity index (χ1) is 18.5. The smallest absolute Gasteiger partial charge is 0.252 e. The van der Waals surface area contributed by atoms with Gasteiger partial charge in [0.05, 0.1) is 12.7 Å². The first-order valence-corrected chi connectivity index (χ1v) is 12.5. The Morgan fingerprint density at radius 1 is 0.821 bits per heavy atom. The number of aliphatic hydroxyl groups excluding tert-OH is 7. The van der Waals surface area contributed by atoms with Gasteiger partial charge in [-0.25, -0.2) is 0 Å². The molecule has 4 aliphatic heterocycles. The number of rotatable bonds is 2. The summed E-state index contributed by atoms with van der Waals surface area (Å²) in [5, 5.41) is 78.4. The second kappa shape index (κ2) is 12.5. The number of carbonyl (C=O) groups is 2. The maximum atomic E-state index is 12.8. The summed E-state index contributed by atoms with van der Waals surface area (Å²) in [6.07, 6.45) is -22.4. The first-order valence-electron chi connectivity index (χ1n) is 12.5. The predicted octanol–water partition coefficient (Wildman–Crippen LogP) is -6.24. The van der Waals surface area contributed by atoms with E-state index >= 15 is 0 Å². The van der Waals surface area contributed by atoms with Gasteiger partial charge in [0.2, 0.25) is 5.91 Å². The van der Waals surface area contributed by atoms with Gasteiger partial charge in [-0.3, -0.25) is 9.59 Å². The average molecular weight is 569 g/mol. The molecule has 4 fully saturated rings. The minimum absolute atomic E-state index is 0.247. The number of carbonyl (C=O) groups excluding carboxylic acids is 2. The Bertz CT molecular complexity index is 867. The maximum absolute atomic E-state index is 12.8. The van der Waals surface area contributed by atoms with Crippen LogP contribution in [0.3, 0.4) is 0 Å². The second-order valence-electron chi connectivity index (χ2n) is 9.88. The summed E-state index contributed by atoms with van der Waals surface area (Å²) in [7, 11) is 1.26. The maximum Gasteiger partial charge on any atom is 0.252 e. The molecular formula is C22H36N2O15. The molecule has 17 nitrogen and oxygen atoms in total. The van der Waals surface area contributed by atoms with Crippen LogP contribution in [0.1, 0.15) is 13.3 Å². The fourth-order valence-corrected chi connectivity index (χ4v) is 5.00. The molecule has 4 heterocycles. The lowest BCUT2D eigenvalue weighted by atomic mass is 9.95. The lowest BCUT2D eigenvalue weighted by Gasteiger charge is -2.48. The van der Waals surface area contributed by atoms with Gasteiger partial charge in [-0.15, -0.1) is 0 Å². The third-order valence-corrected chi connectivity index (χ3v) is 7.26. The van der Waals surface area contributed by atoms with Gasteiger partial charge in [0.1, 0.15) is 61.0 Å². The van der Waals surface area contributed by atoms with Gasteiger partial charge in [-0.05, 0) is 6.92 Å². The summed E-state index contributed by atoms with van der Waals surface area (Å²) in [6.45, 7) is 0.529. The Balaban J connectivity index is 1.69. The van der Waals surface area contributed by atoms with Crippen LogP contribution in [0.15, 0.2) is 0 Å². The molecule has 0 aliphatic carbocycles. The fourth-order valence-electron chi connectivity index (χ4n) is 5.00. The number of ether oxygens (including phenoxy) is 6. The van der Waals surface area contributed by atoms with E-state index in [9.17, 15) is 45.3 Å². The van der Waals surface area contributed by atoms with E-state index in [0.717, 1.165) is 0 Å². The van der Waals surface area contributed by atoms with Crippen LogP contribution in [-0.2, 0) is 38.0 Å². The zero-order valence-electron chi connectivity index (χ0n) is 21.2. The molecule has 9 N–H and O–H groups in total. The summed E-state index contributed by atoms with van der Waals surface area (Å²) in [5.41, 5.74) is 0. The van der Waals surface area contributed by atoms with E-state index in [0.29, 0.717) is 0 Å². The summed E-state index contributed by atoms with van der Waals surface area (Å²) in [4.78, 5) is 25.5. The van der Waals surface area contributed by atoms with Crippen LogP contribution < -0.4 is 10.6 Å². The van der Waals surface area contributed by atoms with Gasteiger partial charge in [0.15, 0.2) is 25.0 Å². The van der Waals surface area contributed by atoms with Crippen molar-refractivity contribution in [3.05, 3.63) is 0 Å². The van der Waals surface area contributed by atoms with Gasteiger partial charge in [-0.2, -0.15) is 0 Å². The third kappa shape index (κ3) is 6.05. The Kier molecular flexibility index (Phi) is 9.75. The van der Waals surface area contributed by atoms with Crippen LogP contribution in [0.25, 0.3) is 0 Å². The number of aliphatic hydroxyl groups is 7. The number of nitrogens with one attached hydrogen (secondary N) is 2. The SMILES string of the molecule is CO[C@@H]1O[C@H](CO)[C@@H](O)[C@@H]2O[C@@H]3O[C@@H](C)[C@H](O)[C@@H](O[C@@H]4O[C@@H](C(=O)NCCC(=O)N[C@H]12)[C@H](O)[C@@H](O)[C@H]4O)[C@H]3O. The average Bonchev–Trinajstić information content (AvgIpc) is 2.90. The molecule has 0 aromatic carbocycles. The van der Waals surface area contributed by atoms with Gasteiger partial charge < -0.3 is 74.8 Å². The fraction of sp³-hybridized carbons (Fsp3) is 0.909. The van der Waals surface area contributed by atoms with Crippen LogP contribution >= 0.6 is 0 Å². The van der Waals surface area contributed by atoms with Gasteiger partial charge >= 0.3 is 0 Å². The van der Waals surface area contributed by atoms with Crippen LogP contribution in [0, 0.1) is 0 Å². The van der Waals surface area contributed by atoms with Crippen molar-refractivity contribution >= 4 is 11.8 Å². The van der Waals surface area contributed by atoms with Crippen LogP contribution in [0.5, 0.6) is 0 Å². The highest BCUT2D eigenvalue weighted by Crippen LogP contribution is 2.32. The molecule has 17 heteroatoms. The normalized spacial score (nSPS) is 49.9. The number of hydrogen-bond donors (Lipinski definition) is 9. The van der Waals surface area contributed by atoms with Crippen LogP contribution in [0.2, 0.25) is 0 Å². The van der Waals surface area contributed by atoms with E-state index in [1.807, 2.05) is 0 Å². The van der Waals surface area contributed by atoms with E-state index in [1.165, 1.54) is 14.0 Å². The minimum Gasteiger partial charge on any atom is -0.394 e. The molecule has 4 saturated heterocycles. The molecular weight excluding hydrogens is 532 g/mol. The quantitative estimate of drug-likeness (QED) is 0.150. The highest BCUT2D eigenvalue weighted by molar-refractivity contribution is 5.83. The Hall–Kier alpha value is -1.58. The number of fused-ring (bicyclic) bond motifs is 5. The summed E-state index contributed by atoms with van der Waals surface area (Å²) in [6, 6.07) is -1.19. The molecule has 0 unspecified atom stereocenters. The monoisotopic (exact) mass is 568 g/mol. The van der Waals surface area contributed by atoms with Crippen LogP contribution in [-0.4, -0.2) is 160 Å². The van der Waals surface area contributed by atoms with E-state index < -0.39 is 110 Å². The van der Waals surface area contributed by atoms with E-state index in [4.69, 9.17) is 28.4 Å². The van der Waals surface area contributed by atoms with Crippen molar-refractivity contribution in [3.63, 3.8) is 0 Å². The summed E-state index contributed by atoms with van der Waals surface area (Å²) in [5.74, 6) is -1.57. The highest BCUT2D eigenvalue weighted by atomic mass is 16.7. The molecule has 39 heavy (non-hydrogen) atoms. The molecule has 15 atom stereocenters. The van der Waals surface area contributed by atoms with Crippen molar-refractivity contribution in [3.8, 4) is 0 Å². The largest absolute Gasteiger partial charge is 0.394 e. The van der Waals surface area contributed by atoms with Crippen molar-refractivity contribution < 1.29 is 73.8 Å². The molecule has 4 rings (SSSR count). The third-order valence-electron chi connectivity index (χ3n) is 7.26. The van der Waals surface area contributed by atoms with E-state index in [-0.39, 0.29) is 13.0 Å². The van der Waals surface area contributed by atoms with Crippen molar-refractivity contribution in [2.24, 2.45) is 0 Å². The molecule has 4 aliphatic rings. The molecule has 0 aromatic heterocycles.